The van der Waals surface area contributed by atoms with Gasteiger partial charge >= 0.3 is 0 Å². The van der Waals surface area contributed by atoms with Gasteiger partial charge in [-0.25, -0.2) is 12.8 Å². The average molecular weight is 702 g/mol. The van der Waals surface area contributed by atoms with Crippen LogP contribution in [-0.4, -0.2) is 58.0 Å². The van der Waals surface area contributed by atoms with Gasteiger partial charge in [0.15, 0.2) is 11.5 Å². The van der Waals surface area contributed by atoms with E-state index in [4.69, 9.17) is 9.47 Å². The second-order valence-corrected chi connectivity index (χ2v) is 14.4. The fraction of sp³-hybridized carbons (Fsp3) is 0.333. The third-order valence-electron chi connectivity index (χ3n) is 9.06. The van der Waals surface area contributed by atoms with Gasteiger partial charge in [-0.3, -0.25) is 13.9 Å². The molecule has 2 amide bonds. The summed E-state index contributed by atoms with van der Waals surface area (Å²) in [6.45, 7) is 0.965. The highest BCUT2D eigenvalue weighted by atomic mass is 32.2. The number of hydrogen-bond acceptors (Lipinski definition) is 6. The highest BCUT2D eigenvalue weighted by Crippen LogP contribution is 2.33. The average Bonchev–Trinajstić information content (AvgIpc) is 3.13. The minimum Gasteiger partial charge on any atom is -0.493 e. The Morgan fingerprint density at radius 3 is 2.18 bits per heavy atom. The zero-order valence-corrected chi connectivity index (χ0v) is 29.5. The zero-order chi connectivity index (χ0) is 35.7. The highest BCUT2D eigenvalue weighted by Gasteiger charge is 2.36. The van der Waals surface area contributed by atoms with Crippen LogP contribution in [0.1, 0.15) is 48.8 Å². The van der Waals surface area contributed by atoms with E-state index in [1.165, 1.54) is 43.4 Å². The summed E-state index contributed by atoms with van der Waals surface area (Å²) in [7, 11) is -1.53. The maximum absolute atomic E-state index is 15.2. The predicted molar refractivity (Wildman–Crippen MR) is 191 cm³/mol. The second kappa shape index (κ2) is 16.7. The van der Waals surface area contributed by atoms with Gasteiger partial charge in [0.1, 0.15) is 18.4 Å². The molecule has 1 atom stereocenters. The van der Waals surface area contributed by atoms with E-state index in [0.717, 1.165) is 47.5 Å². The molecule has 0 heterocycles. The Labute approximate surface area is 294 Å². The van der Waals surface area contributed by atoms with Crippen LogP contribution in [0.15, 0.2) is 102 Å². The molecule has 0 radical (unpaired) electrons. The Balaban J connectivity index is 1.58. The molecule has 1 aliphatic carbocycles. The molecule has 50 heavy (non-hydrogen) atoms. The first-order chi connectivity index (χ1) is 24.1. The van der Waals surface area contributed by atoms with Crippen LogP contribution in [-0.2, 0) is 32.6 Å². The van der Waals surface area contributed by atoms with Crippen molar-refractivity contribution in [2.75, 3.05) is 25.1 Å². The number of aryl methyl sites for hydroxylation is 1. The molecule has 9 nitrogen and oxygen atoms in total. The number of carbonyl (C=O) groups is 2. The molecule has 4 aromatic carbocycles. The summed E-state index contributed by atoms with van der Waals surface area (Å²) in [5, 5.41) is 3.16. The van der Waals surface area contributed by atoms with Crippen molar-refractivity contribution in [3.63, 3.8) is 0 Å². The number of sulfonamides is 1. The molecule has 1 N–H and O–H groups in total. The molecular weight excluding hydrogens is 658 g/mol. The molecule has 264 valence electrons. The first-order valence-corrected chi connectivity index (χ1v) is 18.2. The maximum Gasteiger partial charge on any atom is 0.264 e. The van der Waals surface area contributed by atoms with Crippen molar-refractivity contribution in [1.29, 1.82) is 0 Å². The Morgan fingerprint density at radius 1 is 0.860 bits per heavy atom. The van der Waals surface area contributed by atoms with E-state index in [1.54, 1.807) is 42.5 Å². The van der Waals surface area contributed by atoms with Gasteiger partial charge in [0, 0.05) is 30.6 Å². The normalized spacial score (nSPS) is 14.0. The van der Waals surface area contributed by atoms with Crippen molar-refractivity contribution in [2.24, 2.45) is 0 Å². The number of benzene rings is 4. The lowest BCUT2D eigenvalue weighted by atomic mass is 9.94. The molecule has 1 fully saturated rings. The maximum atomic E-state index is 15.2. The van der Waals surface area contributed by atoms with Crippen LogP contribution in [0, 0.1) is 12.7 Å². The third kappa shape index (κ3) is 8.81. The summed E-state index contributed by atoms with van der Waals surface area (Å²) in [4.78, 5) is 30.1. The Kier molecular flexibility index (Phi) is 12.1. The molecule has 4 aromatic rings. The van der Waals surface area contributed by atoms with Crippen molar-refractivity contribution in [3.8, 4) is 11.5 Å². The van der Waals surface area contributed by atoms with Crippen LogP contribution in [0.2, 0.25) is 0 Å². The van der Waals surface area contributed by atoms with Gasteiger partial charge < -0.3 is 19.7 Å². The number of rotatable bonds is 14. The quantitative estimate of drug-likeness (QED) is 0.162. The molecule has 0 bridgehead atoms. The third-order valence-corrected chi connectivity index (χ3v) is 10.8. The lowest BCUT2D eigenvalue weighted by molar-refractivity contribution is -0.140. The number of amides is 2. The molecule has 0 unspecified atom stereocenters. The first-order valence-electron chi connectivity index (χ1n) is 16.8. The molecular formula is C39H44FN3O6S. The number of nitrogens with one attached hydrogen (secondary N) is 1. The van der Waals surface area contributed by atoms with Crippen molar-refractivity contribution >= 4 is 27.5 Å². The molecule has 0 aliphatic heterocycles. The monoisotopic (exact) mass is 701 g/mol. The first kappa shape index (κ1) is 36.4. The van der Waals surface area contributed by atoms with Crippen LogP contribution < -0.4 is 19.1 Å². The summed E-state index contributed by atoms with van der Waals surface area (Å²) < 4.78 is 55.8. The van der Waals surface area contributed by atoms with Crippen molar-refractivity contribution in [2.45, 2.75) is 69.0 Å². The molecule has 0 aromatic heterocycles. The molecule has 11 heteroatoms. The van der Waals surface area contributed by atoms with Gasteiger partial charge in [0.25, 0.3) is 10.0 Å². The van der Waals surface area contributed by atoms with E-state index in [2.05, 4.69) is 5.32 Å². The number of ether oxygens (including phenoxy) is 2. The summed E-state index contributed by atoms with van der Waals surface area (Å²) >= 11 is 0. The van der Waals surface area contributed by atoms with E-state index in [9.17, 15) is 18.0 Å². The van der Waals surface area contributed by atoms with Crippen molar-refractivity contribution in [3.05, 3.63) is 120 Å². The summed E-state index contributed by atoms with van der Waals surface area (Å²) in [5.74, 6) is -1.03. The summed E-state index contributed by atoms with van der Waals surface area (Å²) in [6, 6.07) is 25.2. The Morgan fingerprint density at radius 2 is 1.52 bits per heavy atom. The van der Waals surface area contributed by atoms with Crippen LogP contribution in [0.5, 0.6) is 11.5 Å². The van der Waals surface area contributed by atoms with Crippen LogP contribution in [0.25, 0.3) is 0 Å². The number of methoxy groups -OCH3 is 2. The van der Waals surface area contributed by atoms with Crippen LogP contribution in [0.4, 0.5) is 10.1 Å². The SMILES string of the molecule is COc1ccc(S(=O)(=O)N(CC(=O)N(Cc2ccccc2F)[C@@H](Cc2ccccc2)C(=O)NC2CCCCC2)c2ccc(C)cc2)cc1OC. The van der Waals surface area contributed by atoms with E-state index in [-0.39, 0.29) is 46.8 Å². The van der Waals surface area contributed by atoms with E-state index < -0.39 is 34.3 Å². The van der Waals surface area contributed by atoms with E-state index >= 15 is 4.39 Å². The largest absolute Gasteiger partial charge is 0.493 e. The molecule has 1 aliphatic rings. The Hall–Kier alpha value is -4.90. The van der Waals surface area contributed by atoms with Crippen molar-refractivity contribution in [1.82, 2.24) is 10.2 Å². The summed E-state index contributed by atoms with van der Waals surface area (Å²) in [5.41, 5.74) is 2.15. The topological polar surface area (TPSA) is 105 Å². The van der Waals surface area contributed by atoms with Crippen LogP contribution >= 0.6 is 0 Å². The fourth-order valence-electron chi connectivity index (χ4n) is 6.25. The van der Waals surface area contributed by atoms with Gasteiger partial charge in [0.05, 0.1) is 24.8 Å². The van der Waals surface area contributed by atoms with Gasteiger partial charge in [0.2, 0.25) is 11.8 Å². The van der Waals surface area contributed by atoms with E-state index in [1.807, 2.05) is 37.3 Å². The Bertz CT molecular complexity index is 1860. The number of halogens is 1. The lowest BCUT2D eigenvalue weighted by Crippen LogP contribution is -2.55. The standard InChI is InChI=1S/C39H44FN3O6S/c1-28-18-20-32(21-19-28)43(50(46,47)33-22-23-36(48-2)37(25-33)49-3)27-38(44)42(26-30-14-10-11-17-34(30)40)35(24-29-12-6-4-7-13-29)39(45)41-31-15-8-5-9-16-31/h4,6-7,10-14,17-23,25,31,35H,5,8-9,15-16,24,26-27H2,1-3H3,(H,41,45)/t35-/m0/s1. The minimum atomic E-state index is -4.39. The number of anilines is 1. The molecule has 1 saturated carbocycles. The fourth-order valence-corrected chi connectivity index (χ4v) is 7.68. The van der Waals surface area contributed by atoms with Gasteiger partial charge in [-0.1, -0.05) is 85.5 Å². The molecule has 5 rings (SSSR count). The van der Waals surface area contributed by atoms with Gasteiger partial charge in [-0.15, -0.1) is 0 Å². The summed E-state index contributed by atoms with van der Waals surface area (Å²) in [6.07, 6.45) is 4.89. The molecule has 0 saturated heterocycles. The highest BCUT2D eigenvalue weighted by molar-refractivity contribution is 7.92. The van der Waals surface area contributed by atoms with Gasteiger partial charge in [-0.2, -0.15) is 0 Å². The van der Waals surface area contributed by atoms with Gasteiger partial charge in [-0.05, 0) is 55.7 Å². The smallest absolute Gasteiger partial charge is 0.264 e. The van der Waals surface area contributed by atoms with E-state index in [0.29, 0.717) is 5.75 Å². The van der Waals surface area contributed by atoms with Crippen LogP contribution in [0.3, 0.4) is 0 Å². The second-order valence-electron chi connectivity index (χ2n) is 12.5. The minimum absolute atomic E-state index is 0.0468. The zero-order valence-electron chi connectivity index (χ0n) is 28.7. The number of nitrogens with zero attached hydrogens (tertiary/aromatic N) is 2. The predicted octanol–water partition coefficient (Wildman–Crippen LogP) is 6.44. The lowest BCUT2D eigenvalue weighted by Gasteiger charge is -2.35. The van der Waals surface area contributed by atoms with Crippen molar-refractivity contribution < 1.29 is 31.9 Å². The molecule has 0 spiro atoms. The number of carbonyl (C=O) groups excluding carboxylic acids is 2. The number of hydrogen-bond donors (Lipinski definition) is 1.